The van der Waals surface area contributed by atoms with Gasteiger partial charge in [-0.2, -0.15) is 5.26 Å². The summed E-state index contributed by atoms with van der Waals surface area (Å²) in [6.45, 7) is 0. The molecule has 0 saturated carbocycles. The van der Waals surface area contributed by atoms with Crippen LogP contribution in [0.1, 0.15) is 24.8 Å². The minimum absolute atomic E-state index is 0.0849. The van der Waals surface area contributed by atoms with Gasteiger partial charge in [0.05, 0.1) is 16.2 Å². The van der Waals surface area contributed by atoms with E-state index in [4.69, 9.17) is 0 Å². The van der Waals surface area contributed by atoms with Crippen molar-refractivity contribution in [3.05, 3.63) is 106 Å². The average Bonchev–Trinajstić information content (AvgIpc) is 3.51. The van der Waals surface area contributed by atoms with Crippen molar-refractivity contribution in [2.45, 2.75) is 24.7 Å². The molecule has 1 spiro atoms. The van der Waals surface area contributed by atoms with E-state index < -0.39 is 16.2 Å². The molecule has 2 aliphatic heterocycles. The van der Waals surface area contributed by atoms with Crippen LogP contribution < -0.4 is 10.2 Å². The lowest BCUT2D eigenvalue weighted by Gasteiger charge is -2.44. The number of ketones is 1. The van der Waals surface area contributed by atoms with Gasteiger partial charge in [-0.25, -0.2) is 0 Å². The van der Waals surface area contributed by atoms with Gasteiger partial charge in [0.2, 0.25) is 5.91 Å². The molecule has 6 rings (SSSR count). The number of anilines is 2. The molecule has 3 heterocycles. The number of nitrogens with one attached hydrogen (secondary N) is 1. The first kappa shape index (κ1) is 21.6. The van der Waals surface area contributed by atoms with Crippen LogP contribution in [-0.4, -0.2) is 21.2 Å². The van der Waals surface area contributed by atoms with E-state index in [1.165, 1.54) is 12.1 Å². The summed E-state index contributed by atoms with van der Waals surface area (Å²) in [5.74, 6) is -0.299. The third-order valence-electron chi connectivity index (χ3n) is 7.02. The SMILES string of the molecule is N#CC1=C(n2cccc2)N(c2cccc([N+](=O)[O-])c2)C2=C(C(=O)CCC2)[C@]12C(=O)Nc1ccccc12. The van der Waals surface area contributed by atoms with Crippen molar-refractivity contribution in [1.82, 2.24) is 4.57 Å². The van der Waals surface area contributed by atoms with Crippen molar-refractivity contribution < 1.29 is 14.5 Å². The van der Waals surface area contributed by atoms with Crippen LogP contribution in [0.5, 0.6) is 0 Å². The van der Waals surface area contributed by atoms with E-state index >= 15 is 0 Å². The molecule has 3 aliphatic rings. The van der Waals surface area contributed by atoms with Crippen LogP contribution in [-0.2, 0) is 15.0 Å². The average molecular weight is 477 g/mol. The molecule has 0 bridgehead atoms. The number of benzene rings is 2. The summed E-state index contributed by atoms with van der Waals surface area (Å²) in [7, 11) is 0. The Hall–Kier alpha value is -4.97. The Bertz CT molecular complexity index is 1580. The topological polar surface area (TPSA) is 121 Å². The molecule has 9 nitrogen and oxygen atoms in total. The second-order valence-electron chi connectivity index (χ2n) is 8.86. The van der Waals surface area contributed by atoms with Gasteiger partial charge >= 0.3 is 0 Å². The number of nitrogens with zero attached hydrogens (tertiary/aromatic N) is 4. The Morgan fingerprint density at radius 2 is 1.81 bits per heavy atom. The van der Waals surface area contributed by atoms with E-state index in [0.717, 1.165) is 0 Å². The second-order valence-corrected chi connectivity index (χ2v) is 8.86. The first-order chi connectivity index (χ1) is 17.5. The molecule has 1 aliphatic carbocycles. The molecule has 1 atom stereocenters. The van der Waals surface area contributed by atoms with Gasteiger partial charge in [0.1, 0.15) is 17.3 Å². The number of carbonyl (C=O) groups is 2. The molecule has 2 aromatic carbocycles. The minimum atomic E-state index is -1.62. The maximum atomic E-state index is 13.9. The zero-order valence-corrected chi connectivity index (χ0v) is 19.0. The molecule has 36 heavy (non-hydrogen) atoms. The van der Waals surface area contributed by atoms with Crippen LogP contribution in [0.4, 0.5) is 17.1 Å². The number of nitro benzene ring substituents is 1. The van der Waals surface area contributed by atoms with Crippen molar-refractivity contribution >= 4 is 34.6 Å². The molecule has 0 saturated heterocycles. The van der Waals surface area contributed by atoms with Gasteiger partial charge in [0.15, 0.2) is 5.78 Å². The van der Waals surface area contributed by atoms with Crippen LogP contribution in [0.3, 0.4) is 0 Å². The van der Waals surface area contributed by atoms with Crippen LogP contribution in [0.2, 0.25) is 0 Å². The molecule has 1 aromatic heterocycles. The van der Waals surface area contributed by atoms with Crippen molar-refractivity contribution in [3.63, 3.8) is 0 Å². The summed E-state index contributed by atoms with van der Waals surface area (Å²) in [6.07, 6.45) is 4.77. The number of allylic oxidation sites excluding steroid dienone is 1. The van der Waals surface area contributed by atoms with E-state index in [9.17, 15) is 25.0 Å². The summed E-state index contributed by atoms with van der Waals surface area (Å²) in [4.78, 5) is 40.4. The molecule has 1 N–H and O–H groups in total. The van der Waals surface area contributed by atoms with E-state index in [1.54, 1.807) is 70.4 Å². The Morgan fingerprint density at radius 3 is 2.56 bits per heavy atom. The second kappa shape index (κ2) is 7.78. The fraction of sp³-hybridized carbons (Fsp3) is 0.148. The summed E-state index contributed by atoms with van der Waals surface area (Å²) >= 11 is 0. The van der Waals surface area contributed by atoms with Crippen LogP contribution in [0.25, 0.3) is 5.82 Å². The fourth-order valence-electron chi connectivity index (χ4n) is 5.64. The zero-order chi connectivity index (χ0) is 25.0. The molecule has 1 amide bonds. The number of rotatable bonds is 3. The Labute approximate surface area is 205 Å². The Balaban J connectivity index is 1.77. The van der Waals surface area contributed by atoms with Gasteiger partial charge in [-0.1, -0.05) is 24.3 Å². The zero-order valence-electron chi connectivity index (χ0n) is 19.0. The molecule has 0 radical (unpaired) electrons. The standard InChI is InChI=1S/C27H19N5O4/c28-16-20-25(30-13-3-4-14-30)31(17-7-5-8-18(15-17)32(35)36)22-11-6-12-23(33)24(22)27(20)19-9-1-2-10-21(19)29-26(27)34/h1-5,7-10,13-15H,6,11-12H2,(H,29,34)/t27-/m1/s1. The number of hydrogen-bond donors (Lipinski definition) is 1. The van der Waals surface area contributed by atoms with E-state index in [2.05, 4.69) is 11.4 Å². The van der Waals surface area contributed by atoms with Crippen LogP contribution >= 0.6 is 0 Å². The molecular weight excluding hydrogens is 458 g/mol. The summed E-state index contributed by atoms with van der Waals surface area (Å²) in [6, 6.07) is 19.0. The minimum Gasteiger partial charge on any atom is -0.324 e. The van der Waals surface area contributed by atoms with Gasteiger partial charge in [-0.15, -0.1) is 0 Å². The smallest absolute Gasteiger partial charge is 0.271 e. The van der Waals surface area contributed by atoms with Gasteiger partial charge < -0.3 is 9.88 Å². The fourth-order valence-corrected chi connectivity index (χ4v) is 5.64. The number of nitro groups is 1. The number of aromatic nitrogens is 1. The third kappa shape index (κ3) is 2.75. The first-order valence-corrected chi connectivity index (χ1v) is 11.5. The number of carbonyl (C=O) groups excluding carboxylic acids is 2. The van der Waals surface area contributed by atoms with Crippen molar-refractivity contribution in [2.75, 3.05) is 10.2 Å². The highest BCUT2D eigenvalue weighted by molar-refractivity contribution is 6.21. The quantitative estimate of drug-likeness (QED) is 0.438. The third-order valence-corrected chi connectivity index (χ3v) is 7.02. The van der Waals surface area contributed by atoms with Crippen molar-refractivity contribution in [2.24, 2.45) is 0 Å². The highest BCUT2D eigenvalue weighted by atomic mass is 16.6. The van der Waals surface area contributed by atoms with Crippen molar-refractivity contribution in [1.29, 1.82) is 5.26 Å². The van der Waals surface area contributed by atoms with Crippen LogP contribution in [0.15, 0.2) is 89.9 Å². The lowest BCUT2D eigenvalue weighted by molar-refractivity contribution is -0.384. The normalized spacial score (nSPS) is 20.8. The van der Waals surface area contributed by atoms with Gasteiger partial charge in [0.25, 0.3) is 5.69 Å². The largest absolute Gasteiger partial charge is 0.324 e. The number of fused-ring (bicyclic) bond motifs is 3. The lowest BCUT2D eigenvalue weighted by Crippen LogP contribution is -2.49. The summed E-state index contributed by atoms with van der Waals surface area (Å²) in [5.41, 5.74) is 0.720. The van der Waals surface area contributed by atoms with E-state index in [-0.39, 0.29) is 29.0 Å². The van der Waals surface area contributed by atoms with E-state index in [1.807, 2.05) is 0 Å². The highest BCUT2D eigenvalue weighted by Gasteiger charge is 2.60. The number of hydrogen-bond acceptors (Lipinski definition) is 6. The molecular formula is C27H19N5O4. The molecule has 176 valence electrons. The van der Waals surface area contributed by atoms with Crippen LogP contribution in [0, 0.1) is 21.4 Å². The number of Topliss-reactive ketones (excluding diaryl/α,β-unsaturated/α-hetero) is 1. The molecule has 0 fully saturated rings. The number of para-hydroxylation sites is 1. The van der Waals surface area contributed by atoms with Gasteiger partial charge in [0, 0.05) is 53.5 Å². The Morgan fingerprint density at radius 1 is 1.03 bits per heavy atom. The first-order valence-electron chi connectivity index (χ1n) is 11.5. The van der Waals surface area contributed by atoms with Gasteiger partial charge in [-0.3, -0.25) is 24.6 Å². The summed E-state index contributed by atoms with van der Waals surface area (Å²) in [5, 5.41) is 25.1. The summed E-state index contributed by atoms with van der Waals surface area (Å²) < 4.78 is 1.72. The van der Waals surface area contributed by atoms with Gasteiger partial charge in [-0.05, 0) is 37.1 Å². The number of amides is 1. The molecule has 3 aromatic rings. The predicted molar refractivity (Wildman–Crippen MR) is 131 cm³/mol. The molecule has 9 heteroatoms. The maximum Gasteiger partial charge on any atom is 0.271 e. The number of nitriles is 1. The number of non-ortho nitro benzene ring substituents is 1. The molecule has 0 unspecified atom stereocenters. The maximum absolute atomic E-state index is 13.9. The Kier molecular flexibility index (Phi) is 4.66. The van der Waals surface area contributed by atoms with Crippen molar-refractivity contribution in [3.8, 4) is 6.07 Å². The monoisotopic (exact) mass is 477 g/mol. The highest BCUT2D eigenvalue weighted by Crippen LogP contribution is 2.56. The van der Waals surface area contributed by atoms with E-state index in [0.29, 0.717) is 41.3 Å². The predicted octanol–water partition coefficient (Wildman–Crippen LogP) is 4.51. The lowest BCUT2D eigenvalue weighted by atomic mass is 9.63.